The third-order valence-corrected chi connectivity index (χ3v) is 4.18. The number of halogens is 1. The minimum atomic E-state index is -0.788. The molecule has 0 aliphatic heterocycles. The van der Waals surface area contributed by atoms with Gasteiger partial charge in [-0.25, -0.2) is 4.79 Å². The first-order valence-corrected chi connectivity index (χ1v) is 8.24. The molecule has 0 saturated carbocycles. The van der Waals surface area contributed by atoms with Crippen LogP contribution in [0.1, 0.15) is 16.7 Å². The van der Waals surface area contributed by atoms with Gasteiger partial charge in [0, 0.05) is 11.1 Å². The van der Waals surface area contributed by atoms with Gasteiger partial charge in [-0.1, -0.05) is 17.7 Å². The van der Waals surface area contributed by atoms with Crippen molar-refractivity contribution < 1.29 is 19.2 Å². The van der Waals surface area contributed by atoms with Crippen molar-refractivity contribution in [2.75, 3.05) is 18.5 Å². The van der Waals surface area contributed by atoms with Crippen LogP contribution in [-0.2, 0) is 4.74 Å². The lowest BCUT2D eigenvalue weighted by Gasteiger charge is -2.11. The maximum absolute atomic E-state index is 11.8. The summed E-state index contributed by atoms with van der Waals surface area (Å²) in [5.74, 6) is 0.627. The van der Waals surface area contributed by atoms with Crippen LogP contribution in [0.25, 0.3) is 0 Å². The SMILES string of the molecule is Cc1ccc(NC(=O)OCCOc2cc(C)c(Cl)c(C)c2)c([N+](=O)[O-])c1. The van der Waals surface area contributed by atoms with Crippen molar-refractivity contribution in [3.05, 3.63) is 62.2 Å². The smallest absolute Gasteiger partial charge is 0.411 e. The molecule has 0 fully saturated rings. The third-order valence-electron chi connectivity index (χ3n) is 3.58. The van der Waals surface area contributed by atoms with Crippen LogP contribution in [0.15, 0.2) is 30.3 Å². The molecule has 0 aliphatic rings. The molecular formula is C18H19ClN2O5. The first kappa shape index (κ1) is 19.5. The van der Waals surface area contributed by atoms with E-state index in [1.165, 1.54) is 12.1 Å². The number of nitrogens with one attached hydrogen (secondary N) is 1. The van der Waals surface area contributed by atoms with E-state index in [1.54, 1.807) is 25.1 Å². The van der Waals surface area contributed by atoms with Gasteiger partial charge in [0.15, 0.2) is 0 Å². The summed E-state index contributed by atoms with van der Waals surface area (Å²) in [6.07, 6.45) is -0.788. The van der Waals surface area contributed by atoms with Gasteiger partial charge < -0.3 is 9.47 Å². The molecule has 138 valence electrons. The monoisotopic (exact) mass is 378 g/mol. The second-order valence-corrected chi connectivity index (χ2v) is 6.14. The number of benzene rings is 2. The molecule has 0 aromatic heterocycles. The van der Waals surface area contributed by atoms with Gasteiger partial charge in [0.05, 0.1) is 4.92 Å². The molecule has 2 aromatic rings. The Kier molecular flexibility index (Phi) is 6.41. The summed E-state index contributed by atoms with van der Waals surface area (Å²) < 4.78 is 10.5. The van der Waals surface area contributed by atoms with Crippen molar-refractivity contribution in [1.82, 2.24) is 0 Å². The number of nitro groups is 1. The summed E-state index contributed by atoms with van der Waals surface area (Å²) in [5.41, 5.74) is 2.40. The minimum Gasteiger partial charge on any atom is -0.490 e. The number of carbonyl (C=O) groups is 1. The van der Waals surface area contributed by atoms with E-state index >= 15 is 0 Å². The Morgan fingerprint density at radius 3 is 2.42 bits per heavy atom. The standard InChI is InChI=1S/C18H19ClN2O5/c1-11-4-5-15(16(8-11)21(23)24)20-18(22)26-7-6-25-14-9-12(2)17(19)13(3)10-14/h4-5,8-10H,6-7H2,1-3H3,(H,20,22). The maximum atomic E-state index is 11.8. The highest BCUT2D eigenvalue weighted by Gasteiger charge is 2.16. The van der Waals surface area contributed by atoms with E-state index in [0.29, 0.717) is 10.8 Å². The predicted molar refractivity (Wildman–Crippen MR) is 99.2 cm³/mol. The highest BCUT2D eigenvalue weighted by atomic mass is 35.5. The predicted octanol–water partition coefficient (Wildman–Crippen LogP) is 4.80. The molecule has 0 radical (unpaired) electrons. The average Bonchev–Trinajstić information content (AvgIpc) is 2.58. The van der Waals surface area contributed by atoms with Gasteiger partial charge in [0.25, 0.3) is 5.69 Å². The highest BCUT2D eigenvalue weighted by Crippen LogP contribution is 2.26. The lowest BCUT2D eigenvalue weighted by Crippen LogP contribution is -2.18. The number of hydrogen-bond donors (Lipinski definition) is 1. The molecule has 0 spiro atoms. The van der Waals surface area contributed by atoms with Crippen molar-refractivity contribution >= 4 is 29.1 Å². The van der Waals surface area contributed by atoms with Crippen molar-refractivity contribution in [3.8, 4) is 5.75 Å². The molecule has 0 aliphatic carbocycles. The quantitative estimate of drug-likeness (QED) is 0.443. The molecule has 2 rings (SSSR count). The maximum Gasteiger partial charge on any atom is 0.411 e. The second-order valence-electron chi connectivity index (χ2n) is 5.76. The van der Waals surface area contributed by atoms with Crippen molar-refractivity contribution in [1.29, 1.82) is 0 Å². The number of nitro benzene ring substituents is 1. The zero-order valence-electron chi connectivity index (χ0n) is 14.7. The zero-order valence-corrected chi connectivity index (χ0v) is 15.4. The fourth-order valence-electron chi connectivity index (χ4n) is 2.33. The summed E-state index contributed by atoms with van der Waals surface area (Å²) in [4.78, 5) is 22.3. The number of amides is 1. The number of nitrogens with zero attached hydrogens (tertiary/aromatic N) is 1. The Morgan fingerprint density at radius 2 is 1.81 bits per heavy atom. The van der Waals surface area contributed by atoms with Crippen LogP contribution in [0.5, 0.6) is 5.75 Å². The van der Waals surface area contributed by atoms with Gasteiger partial charge in [-0.3, -0.25) is 15.4 Å². The molecule has 0 bridgehead atoms. The number of rotatable bonds is 6. The summed E-state index contributed by atoms with van der Waals surface area (Å²) >= 11 is 6.09. The molecule has 7 nitrogen and oxygen atoms in total. The second kappa shape index (κ2) is 8.53. The fourth-order valence-corrected chi connectivity index (χ4v) is 2.44. The Labute approximate surface area is 156 Å². The minimum absolute atomic E-state index is 0.00772. The van der Waals surface area contributed by atoms with Crippen LogP contribution >= 0.6 is 11.6 Å². The van der Waals surface area contributed by atoms with E-state index in [0.717, 1.165) is 16.7 Å². The van der Waals surface area contributed by atoms with Crippen molar-refractivity contribution in [3.63, 3.8) is 0 Å². The van der Waals surface area contributed by atoms with E-state index in [2.05, 4.69) is 5.32 Å². The lowest BCUT2D eigenvalue weighted by atomic mass is 10.1. The topological polar surface area (TPSA) is 90.7 Å². The summed E-state index contributed by atoms with van der Waals surface area (Å²) in [7, 11) is 0. The van der Waals surface area contributed by atoms with Gasteiger partial charge in [-0.05, 0) is 55.7 Å². The molecule has 1 N–H and O–H groups in total. The molecular weight excluding hydrogens is 360 g/mol. The van der Waals surface area contributed by atoms with Crippen LogP contribution in [-0.4, -0.2) is 24.2 Å². The van der Waals surface area contributed by atoms with Crippen LogP contribution in [0.2, 0.25) is 5.02 Å². The molecule has 26 heavy (non-hydrogen) atoms. The molecule has 0 atom stereocenters. The fraction of sp³-hybridized carbons (Fsp3) is 0.278. The Balaban J connectivity index is 1.86. The first-order chi connectivity index (χ1) is 12.3. The molecule has 0 heterocycles. The van der Waals surface area contributed by atoms with Gasteiger partial charge in [0.1, 0.15) is 24.7 Å². The van der Waals surface area contributed by atoms with Gasteiger partial charge in [-0.15, -0.1) is 0 Å². The first-order valence-electron chi connectivity index (χ1n) is 7.86. The zero-order chi connectivity index (χ0) is 19.3. The average molecular weight is 379 g/mol. The molecule has 1 amide bonds. The van der Waals surface area contributed by atoms with Gasteiger partial charge in [0.2, 0.25) is 0 Å². The number of aryl methyl sites for hydroxylation is 3. The largest absolute Gasteiger partial charge is 0.490 e. The Bertz CT molecular complexity index is 815. The van der Waals surface area contributed by atoms with Crippen LogP contribution in [0.3, 0.4) is 0 Å². The number of carbonyl (C=O) groups excluding carboxylic acids is 1. The normalized spacial score (nSPS) is 10.3. The number of hydrogen-bond acceptors (Lipinski definition) is 5. The summed E-state index contributed by atoms with van der Waals surface area (Å²) in [5, 5.41) is 14.1. The molecule has 2 aromatic carbocycles. The molecule has 0 saturated heterocycles. The van der Waals surface area contributed by atoms with Crippen molar-refractivity contribution in [2.24, 2.45) is 0 Å². The number of ether oxygens (including phenoxy) is 2. The lowest BCUT2D eigenvalue weighted by molar-refractivity contribution is -0.384. The Morgan fingerprint density at radius 1 is 1.15 bits per heavy atom. The van der Waals surface area contributed by atoms with Crippen LogP contribution in [0.4, 0.5) is 16.2 Å². The van der Waals surface area contributed by atoms with E-state index in [4.69, 9.17) is 21.1 Å². The van der Waals surface area contributed by atoms with E-state index in [1.807, 2.05) is 13.8 Å². The van der Waals surface area contributed by atoms with Gasteiger partial charge in [-0.2, -0.15) is 0 Å². The van der Waals surface area contributed by atoms with E-state index in [-0.39, 0.29) is 24.6 Å². The van der Waals surface area contributed by atoms with Crippen LogP contribution in [0, 0.1) is 30.9 Å². The summed E-state index contributed by atoms with van der Waals surface area (Å²) in [6, 6.07) is 8.10. The van der Waals surface area contributed by atoms with Gasteiger partial charge >= 0.3 is 6.09 Å². The Hall–Kier alpha value is -2.80. The number of anilines is 1. The summed E-state index contributed by atoms with van der Waals surface area (Å²) in [6.45, 7) is 5.62. The van der Waals surface area contributed by atoms with Crippen LogP contribution < -0.4 is 10.1 Å². The van der Waals surface area contributed by atoms with Crippen molar-refractivity contribution in [2.45, 2.75) is 20.8 Å². The third kappa shape index (κ3) is 5.10. The molecule has 0 unspecified atom stereocenters. The van der Waals surface area contributed by atoms with E-state index in [9.17, 15) is 14.9 Å². The molecule has 8 heteroatoms. The van der Waals surface area contributed by atoms with E-state index < -0.39 is 11.0 Å². The highest BCUT2D eigenvalue weighted by molar-refractivity contribution is 6.32.